The van der Waals surface area contributed by atoms with Gasteiger partial charge in [0.2, 0.25) is 0 Å². The first-order chi connectivity index (χ1) is 11.2. The minimum absolute atomic E-state index is 0.129. The molecule has 1 saturated carbocycles. The summed E-state index contributed by atoms with van der Waals surface area (Å²) in [7, 11) is 1.81. The largest absolute Gasteiger partial charge is 0.356 e. The molecule has 0 aliphatic heterocycles. The number of guanidine groups is 1. The Morgan fingerprint density at radius 3 is 2.52 bits per heavy atom. The molecule has 5 heteroatoms. The second kappa shape index (κ2) is 9.16. The van der Waals surface area contributed by atoms with E-state index in [9.17, 15) is 4.39 Å². The number of thioether (sulfide) groups is 1. The molecule has 0 radical (unpaired) electrons. The average molecular weight is 338 g/mol. The van der Waals surface area contributed by atoms with Crippen molar-refractivity contribution in [3.05, 3.63) is 35.6 Å². The normalized spacial score (nSPS) is 16.7. The fraction of sp³-hybridized carbons (Fsp3) is 0.611. The Morgan fingerprint density at radius 1 is 1.22 bits per heavy atom. The maximum absolute atomic E-state index is 13.1. The van der Waals surface area contributed by atoms with Crippen LogP contribution in [0.2, 0.25) is 0 Å². The number of benzene rings is 1. The molecule has 0 saturated heterocycles. The molecule has 2 rings (SSSR count). The van der Waals surface area contributed by atoms with E-state index >= 15 is 0 Å². The van der Waals surface area contributed by atoms with E-state index in [0.717, 1.165) is 38.3 Å². The van der Waals surface area contributed by atoms with Crippen LogP contribution < -0.4 is 10.6 Å². The standard InChI is InChI=1S/C18H28FN3S/c1-20-17(21-12-3-4-13-23-2)22-14-18(10-5-11-18)15-6-8-16(19)9-7-15/h6-9H,3-5,10-14H2,1-2H3,(H2,20,21,22). The fourth-order valence-corrected chi connectivity index (χ4v) is 3.52. The summed E-state index contributed by atoms with van der Waals surface area (Å²) in [6, 6.07) is 6.98. The van der Waals surface area contributed by atoms with E-state index in [1.165, 1.54) is 24.2 Å². The first-order valence-electron chi connectivity index (χ1n) is 8.40. The Balaban J connectivity index is 1.83. The average Bonchev–Trinajstić information content (AvgIpc) is 2.53. The number of hydrogen-bond donors (Lipinski definition) is 2. The molecule has 1 aromatic carbocycles. The molecular weight excluding hydrogens is 309 g/mol. The van der Waals surface area contributed by atoms with Gasteiger partial charge in [0.25, 0.3) is 0 Å². The summed E-state index contributed by atoms with van der Waals surface area (Å²) in [4.78, 5) is 4.30. The van der Waals surface area contributed by atoms with Crippen LogP contribution in [0.1, 0.15) is 37.7 Å². The third-order valence-corrected chi connectivity index (χ3v) is 5.35. The highest BCUT2D eigenvalue weighted by Gasteiger charge is 2.38. The molecule has 3 nitrogen and oxygen atoms in total. The quantitative estimate of drug-likeness (QED) is 0.433. The Morgan fingerprint density at radius 2 is 1.96 bits per heavy atom. The first kappa shape index (κ1) is 18.1. The molecule has 1 fully saturated rings. The molecule has 1 aliphatic rings. The highest BCUT2D eigenvalue weighted by molar-refractivity contribution is 7.98. The number of hydrogen-bond acceptors (Lipinski definition) is 2. The molecule has 0 heterocycles. The molecule has 0 amide bonds. The molecule has 0 atom stereocenters. The Labute approximate surface area is 143 Å². The fourth-order valence-electron chi connectivity index (χ4n) is 3.03. The van der Waals surface area contributed by atoms with Crippen LogP contribution in [0.3, 0.4) is 0 Å². The summed E-state index contributed by atoms with van der Waals surface area (Å²) in [6.07, 6.45) is 8.06. The van der Waals surface area contributed by atoms with Gasteiger partial charge in [-0.25, -0.2) is 4.39 Å². The van der Waals surface area contributed by atoms with E-state index in [0.29, 0.717) is 0 Å². The molecule has 1 aromatic rings. The van der Waals surface area contributed by atoms with Gasteiger partial charge < -0.3 is 10.6 Å². The maximum atomic E-state index is 13.1. The van der Waals surface area contributed by atoms with Gasteiger partial charge in [0.15, 0.2) is 5.96 Å². The van der Waals surface area contributed by atoms with Crippen LogP contribution in [0, 0.1) is 5.82 Å². The highest BCUT2D eigenvalue weighted by atomic mass is 32.2. The lowest BCUT2D eigenvalue weighted by Gasteiger charge is -2.43. The zero-order valence-corrected chi connectivity index (χ0v) is 15.0. The van der Waals surface area contributed by atoms with E-state index in [1.54, 1.807) is 12.1 Å². The second-order valence-corrected chi connectivity index (χ2v) is 7.18. The van der Waals surface area contributed by atoms with Crippen molar-refractivity contribution in [1.29, 1.82) is 0 Å². The molecule has 2 N–H and O–H groups in total. The molecule has 0 bridgehead atoms. The van der Waals surface area contributed by atoms with Crippen LogP contribution in [0.4, 0.5) is 4.39 Å². The summed E-state index contributed by atoms with van der Waals surface area (Å²) in [5.41, 5.74) is 1.36. The predicted octanol–water partition coefficient (Wildman–Crippen LogP) is 3.56. The van der Waals surface area contributed by atoms with E-state index < -0.39 is 0 Å². The second-order valence-electron chi connectivity index (χ2n) is 6.19. The zero-order chi connectivity index (χ0) is 16.5. The van der Waals surface area contributed by atoms with Crippen molar-refractivity contribution in [2.75, 3.05) is 32.1 Å². The van der Waals surface area contributed by atoms with Crippen molar-refractivity contribution in [3.8, 4) is 0 Å². The van der Waals surface area contributed by atoms with Crippen LogP contribution in [0.25, 0.3) is 0 Å². The number of halogens is 1. The lowest BCUT2D eigenvalue weighted by Crippen LogP contribution is -2.49. The maximum Gasteiger partial charge on any atom is 0.191 e. The number of rotatable bonds is 8. The third-order valence-electron chi connectivity index (χ3n) is 4.65. The third kappa shape index (κ3) is 5.13. The highest BCUT2D eigenvalue weighted by Crippen LogP contribution is 2.43. The van der Waals surface area contributed by atoms with E-state index in [4.69, 9.17) is 0 Å². The van der Waals surface area contributed by atoms with Gasteiger partial charge in [-0.2, -0.15) is 11.8 Å². The lowest BCUT2D eigenvalue weighted by atomic mass is 9.64. The van der Waals surface area contributed by atoms with Crippen LogP contribution in [0.5, 0.6) is 0 Å². The van der Waals surface area contributed by atoms with Crippen LogP contribution in [-0.4, -0.2) is 38.1 Å². The minimum atomic E-state index is -0.168. The Kier molecular flexibility index (Phi) is 7.21. The molecule has 1 aliphatic carbocycles. The van der Waals surface area contributed by atoms with E-state index in [2.05, 4.69) is 21.9 Å². The van der Waals surface area contributed by atoms with Gasteiger partial charge in [0.05, 0.1) is 0 Å². The van der Waals surface area contributed by atoms with Gasteiger partial charge >= 0.3 is 0 Å². The summed E-state index contributed by atoms with van der Waals surface area (Å²) in [5.74, 6) is 1.91. The first-order valence-corrected chi connectivity index (χ1v) is 9.79. The molecular formula is C18H28FN3S. The summed E-state index contributed by atoms with van der Waals surface area (Å²) >= 11 is 1.89. The van der Waals surface area contributed by atoms with Gasteiger partial charge in [0.1, 0.15) is 5.82 Å². The SMILES string of the molecule is CN=C(NCCCCSC)NCC1(c2ccc(F)cc2)CCC1. The molecule has 0 unspecified atom stereocenters. The van der Waals surface area contributed by atoms with Crippen molar-refractivity contribution in [1.82, 2.24) is 10.6 Å². The van der Waals surface area contributed by atoms with E-state index in [1.807, 2.05) is 30.9 Å². The number of nitrogens with one attached hydrogen (secondary N) is 2. The number of unbranched alkanes of at least 4 members (excludes halogenated alkanes) is 1. The summed E-state index contributed by atoms with van der Waals surface area (Å²) in [6.45, 7) is 1.80. The van der Waals surface area contributed by atoms with E-state index in [-0.39, 0.29) is 11.2 Å². The topological polar surface area (TPSA) is 36.4 Å². The minimum Gasteiger partial charge on any atom is -0.356 e. The Bertz CT molecular complexity index is 497. The number of nitrogens with zero attached hydrogens (tertiary/aromatic N) is 1. The van der Waals surface area contributed by atoms with Crippen molar-refractivity contribution in [3.63, 3.8) is 0 Å². The van der Waals surface area contributed by atoms with Crippen LogP contribution in [-0.2, 0) is 5.41 Å². The number of aliphatic imine (C=N–C) groups is 1. The molecule has 128 valence electrons. The summed E-state index contributed by atoms with van der Waals surface area (Å²) in [5, 5.41) is 6.84. The smallest absolute Gasteiger partial charge is 0.191 e. The van der Waals surface area contributed by atoms with Gasteiger partial charge in [-0.1, -0.05) is 18.6 Å². The van der Waals surface area contributed by atoms with Crippen LogP contribution >= 0.6 is 11.8 Å². The van der Waals surface area contributed by atoms with Gasteiger partial charge in [-0.3, -0.25) is 4.99 Å². The van der Waals surface area contributed by atoms with Crippen molar-refractivity contribution < 1.29 is 4.39 Å². The zero-order valence-electron chi connectivity index (χ0n) is 14.2. The van der Waals surface area contributed by atoms with Gasteiger partial charge in [0, 0.05) is 25.6 Å². The monoisotopic (exact) mass is 337 g/mol. The lowest BCUT2D eigenvalue weighted by molar-refractivity contribution is 0.243. The molecule has 0 aromatic heterocycles. The molecule has 0 spiro atoms. The van der Waals surface area contributed by atoms with Crippen molar-refractivity contribution in [2.24, 2.45) is 4.99 Å². The summed E-state index contributed by atoms with van der Waals surface area (Å²) < 4.78 is 13.1. The van der Waals surface area contributed by atoms with Gasteiger partial charge in [-0.15, -0.1) is 0 Å². The predicted molar refractivity (Wildman–Crippen MR) is 98.9 cm³/mol. The van der Waals surface area contributed by atoms with Gasteiger partial charge in [-0.05, 0) is 55.4 Å². The van der Waals surface area contributed by atoms with Crippen molar-refractivity contribution >= 4 is 17.7 Å². The Hall–Kier alpha value is -1.23. The van der Waals surface area contributed by atoms with Crippen LogP contribution in [0.15, 0.2) is 29.3 Å². The van der Waals surface area contributed by atoms with Crippen molar-refractivity contribution in [2.45, 2.75) is 37.5 Å². The molecule has 23 heavy (non-hydrogen) atoms.